The number of carbonyl (C=O) groups excluding carboxylic acids is 3. The van der Waals surface area contributed by atoms with Crippen molar-refractivity contribution in [2.75, 3.05) is 18.1 Å². The van der Waals surface area contributed by atoms with Crippen LogP contribution < -0.4 is 4.90 Å². The van der Waals surface area contributed by atoms with Crippen LogP contribution in [0.1, 0.15) is 30.8 Å². The van der Waals surface area contributed by atoms with Crippen LogP contribution in [-0.4, -0.2) is 45.6 Å². The first kappa shape index (κ1) is 14.6. The number of hydrogen-bond acceptors (Lipinski definition) is 6. The number of carbonyl (C=O) groups is 3. The Morgan fingerprint density at radius 3 is 3.00 bits per heavy atom. The Kier molecular flexibility index (Phi) is 4.43. The largest absolute Gasteiger partial charge is 0.461 e. The molecule has 1 saturated heterocycles. The van der Waals surface area contributed by atoms with E-state index in [0.717, 1.165) is 11.8 Å². The van der Waals surface area contributed by atoms with Crippen LogP contribution in [0.3, 0.4) is 0 Å². The number of rotatable bonds is 4. The van der Waals surface area contributed by atoms with Gasteiger partial charge in [0.25, 0.3) is 0 Å². The number of nitrogens with one attached hydrogen (secondary N) is 1. The molecule has 0 aliphatic carbocycles. The van der Waals surface area contributed by atoms with Crippen molar-refractivity contribution < 1.29 is 19.1 Å². The van der Waals surface area contributed by atoms with E-state index in [1.165, 1.54) is 17.9 Å². The van der Waals surface area contributed by atoms with Crippen molar-refractivity contribution in [3.8, 4) is 0 Å². The van der Waals surface area contributed by atoms with Gasteiger partial charge in [0.1, 0.15) is 5.69 Å². The van der Waals surface area contributed by atoms with Crippen LogP contribution in [0, 0.1) is 0 Å². The predicted octanol–water partition coefficient (Wildman–Crippen LogP) is 0.971. The standard InChI is InChI=1S/C12H15N3O4S/c1-3-19-12(18)9-5-10(14-13-9)15-6-8(4-11(15)17)20-7(2)16/h5,8H,3-4,6H2,1-2H3,(H,13,14). The van der Waals surface area contributed by atoms with Gasteiger partial charge in [0.05, 0.1) is 6.61 Å². The lowest BCUT2D eigenvalue weighted by molar-refractivity contribution is -0.117. The molecule has 0 radical (unpaired) electrons. The van der Waals surface area contributed by atoms with E-state index in [1.54, 1.807) is 6.92 Å². The Morgan fingerprint density at radius 1 is 1.60 bits per heavy atom. The lowest BCUT2D eigenvalue weighted by Crippen LogP contribution is -2.25. The second kappa shape index (κ2) is 6.08. The molecule has 1 atom stereocenters. The molecule has 1 fully saturated rings. The Bertz CT molecular complexity index is 543. The predicted molar refractivity (Wildman–Crippen MR) is 73.6 cm³/mol. The van der Waals surface area contributed by atoms with E-state index in [1.807, 2.05) is 0 Å². The lowest BCUT2D eigenvalue weighted by Gasteiger charge is -2.12. The third-order valence-electron chi connectivity index (χ3n) is 2.76. The number of thioether (sulfide) groups is 1. The summed E-state index contributed by atoms with van der Waals surface area (Å²) in [7, 11) is 0. The Hall–Kier alpha value is -1.83. The van der Waals surface area contributed by atoms with E-state index < -0.39 is 5.97 Å². The molecule has 0 aromatic carbocycles. The fourth-order valence-electron chi connectivity index (χ4n) is 1.97. The summed E-state index contributed by atoms with van der Waals surface area (Å²) in [5.41, 5.74) is 0.206. The average molecular weight is 297 g/mol. The van der Waals surface area contributed by atoms with Gasteiger partial charge >= 0.3 is 5.97 Å². The molecule has 1 unspecified atom stereocenters. The van der Waals surface area contributed by atoms with Crippen LogP contribution >= 0.6 is 11.8 Å². The van der Waals surface area contributed by atoms with Crippen LogP contribution in [0.2, 0.25) is 0 Å². The van der Waals surface area contributed by atoms with E-state index in [9.17, 15) is 14.4 Å². The van der Waals surface area contributed by atoms with Crippen molar-refractivity contribution >= 4 is 34.6 Å². The second-order valence-electron chi connectivity index (χ2n) is 4.30. The molecule has 2 rings (SSSR count). The first-order valence-electron chi connectivity index (χ1n) is 6.21. The molecule has 1 aromatic heterocycles. The van der Waals surface area contributed by atoms with Gasteiger partial charge in [-0.15, -0.1) is 0 Å². The van der Waals surface area contributed by atoms with Gasteiger partial charge in [0.2, 0.25) is 5.91 Å². The topological polar surface area (TPSA) is 92.4 Å². The monoisotopic (exact) mass is 297 g/mol. The Balaban J connectivity index is 2.07. The average Bonchev–Trinajstić information content (AvgIpc) is 2.95. The first-order chi connectivity index (χ1) is 9.51. The van der Waals surface area contributed by atoms with Crippen molar-refractivity contribution in [1.29, 1.82) is 0 Å². The van der Waals surface area contributed by atoms with Crippen molar-refractivity contribution in [3.63, 3.8) is 0 Å². The molecule has 2 heterocycles. The normalized spacial score (nSPS) is 18.4. The maximum atomic E-state index is 11.9. The van der Waals surface area contributed by atoms with Crippen molar-refractivity contribution in [1.82, 2.24) is 10.2 Å². The number of ether oxygens (including phenoxy) is 1. The second-order valence-corrected chi connectivity index (χ2v) is 5.78. The molecule has 8 heteroatoms. The third kappa shape index (κ3) is 3.19. The molecule has 0 spiro atoms. The highest BCUT2D eigenvalue weighted by Gasteiger charge is 2.33. The maximum Gasteiger partial charge on any atom is 0.356 e. The van der Waals surface area contributed by atoms with E-state index in [2.05, 4.69) is 10.2 Å². The molecule has 1 N–H and O–H groups in total. The summed E-state index contributed by atoms with van der Waals surface area (Å²) in [5, 5.41) is 6.42. The molecule has 7 nitrogen and oxygen atoms in total. The van der Waals surface area contributed by atoms with Crippen molar-refractivity contribution in [3.05, 3.63) is 11.8 Å². The van der Waals surface area contributed by atoms with Gasteiger partial charge in [0.15, 0.2) is 10.9 Å². The first-order valence-corrected chi connectivity index (χ1v) is 7.09. The minimum atomic E-state index is -0.507. The zero-order valence-electron chi connectivity index (χ0n) is 11.2. The summed E-state index contributed by atoms with van der Waals surface area (Å²) in [4.78, 5) is 36.0. The fourth-order valence-corrected chi connectivity index (χ4v) is 2.89. The highest BCUT2D eigenvalue weighted by atomic mass is 32.2. The van der Waals surface area contributed by atoms with Crippen LogP contribution in [0.5, 0.6) is 0 Å². The van der Waals surface area contributed by atoms with Gasteiger partial charge in [-0.1, -0.05) is 11.8 Å². The van der Waals surface area contributed by atoms with E-state index in [4.69, 9.17) is 4.74 Å². The maximum absolute atomic E-state index is 11.9. The highest BCUT2D eigenvalue weighted by molar-refractivity contribution is 8.14. The molecular formula is C12H15N3O4S. The molecule has 1 aliphatic heterocycles. The van der Waals surface area contributed by atoms with Crippen molar-refractivity contribution in [2.45, 2.75) is 25.5 Å². The van der Waals surface area contributed by atoms with Crippen LogP contribution in [0.25, 0.3) is 0 Å². The van der Waals surface area contributed by atoms with Gasteiger partial charge in [-0.3, -0.25) is 19.6 Å². The molecule has 0 bridgehead atoms. The molecule has 20 heavy (non-hydrogen) atoms. The molecule has 0 saturated carbocycles. The zero-order valence-corrected chi connectivity index (χ0v) is 12.0. The van der Waals surface area contributed by atoms with Crippen LogP contribution in [-0.2, 0) is 14.3 Å². The number of esters is 1. The van der Waals surface area contributed by atoms with Gasteiger partial charge in [-0.2, -0.15) is 5.10 Å². The third-order valence-corrected chi connectivity index (χ3v) is 3.74. The highest BCUT2D eigenvalue weighted by Crippen LogP contribution is 2.27. The summed E-state index contributed by atoms with van der Waals surface area (Å²) in [5.74, 6) is -0.233. The van der Waals surface area contributed by atoms with Gasteiger partial charge in [-0.05, 0) is 6.92 Å². The van der Waals surface area contributed by atoms with Crippen LogP contribution in [0.15, 0.2) is 6.07 Å². The van der Waals surface area contributed by atoms with Crippen LogP contribution in [0.4, 0.5) is 5.82 Å². The SMILES string of the molecule is CCOC(=O)c1cc(N2CC(SC(C)=O)CC2=O)n[nH]1. The number of H-pyrrole nitrogens is 1. The summed E-state index contributed by atoms with van der Waals surface area (Å²) in [6.07, 6.45) is 0.297. The smallest absolute Gasteiger partial charge is 0.356 e. The molecular weight excluding hydrogens is 282 g/mol. The van der Waals surface area contributed by atoms with Gasteiger partial charge < -0.3 is 4.74 Å². The number of nitrogens with zero attached hydrogens (tertiary/aromatic N) is 2. The Labute approximate surface area is 120 Å². The van der Waals surface area contributed by atoms with E-state index in [0.29, 0.717) is 18.8 Å². The summed E-state index contributed by atoms with van der Waals surface area (Å²) in [6.45, 7) is 3.87. The minimum absolute atomic E-state index is 0.0149. The number of amides is 1. The quantitative estimate of drug-likeness (QED) is 0.833. The number of anilines is 1. The minimum Gasteiger partial charge on any atom is -0.461 e. The van der Waals surface area contributed by atoms with Crippen molar-refractivity contribution in [2.24, 2.45) is 0 Å². The van der Waals surface area contributed by atoms with Gasteiger partial charge in [-0.25, -0.2) is 4.79 Å². The lowest BCUT2D eigenvalue weighted by atomic mass is 10.4. The number of aromatic amines is 1. The molecule has 1 amide bonds. The number of aromatic nitrogens is 2. The summed E-state index contributed by atoms with van der Waals surface area (Å²) in [6, 6.07) is 1.48. The zero-order chi connectivity index (χ0) is 14.7. The summed E-state index contributed by atoms with van der Waals surface area (Å²) < 4.78 is 4.84. The molecule has 1 aromatic rings. The molecule has 1 aliphatic rings. The molecule has 108 valence electrons. The Morgan fingerprint density at radius 2 is 2.35 bits per heavy atom. The summed E-state index contributed by atoms with van der Waals surface area (Å²) >= 11 is 1.15. The van der Waals surface area contributed by atoms with E-state index in [-0.39, 0.29) is 28.6 Å². The fraction of sp³-hybridized carbons (Fsp3) is 0.500. The van der Waals surface area contributed by atoms with Gasteiger partial charge in [0, 0.05) is 31.2 Å². The van der Waals surface area contributed by atoms with E-state index >= 15 is 0 Å². The number of hydrogen-bond donors (Lipinski definition) is 1.